The van der Waals surface area contributed by atoms with E-state index in [0.29, 0.717) is 10.0 Å². The first kappa shape index (κ1) is 12.8. The van der Waals surface area contributed by atoms with Crippen molar-refractivity contribution >= 4 is 21.8 Å². The number of hydrogen-bond donors (Lipinski definition) is 2. The minimum atomic E-state index is -4.37. The summed E-state index contributed by atoms with van der Waals surface area (Å²) in [7, 11) is 0. The zero-order valence-corrected chi connectivity index (χ0v) is 9.52. The number of alkyl halides is 3. The van der Waals surface area contributed by atoms with E-state index in [-0.39, 0.29) is 11.6 Å². The first-order chi connectivity index (χ1) is 7.29. The third-order valence-corrected chi connectivity index (χ3v) is 2.29. The molecule has 1 aromatic carbocycles. The molecule has 0 aliphatic heterocycles. The molecule has 3 N–H and O–H groups in total. The molecule has 1 rings (SSSR count). The lowest BCUT2D eigenvalue weighted by atomic mass is 10.2. The lowest BCUT2D eigenvalue weighted by molar-refractivity contribution is -0.153. The molecule has 16 heavy (non-hydrogen) atoms. The van der Waals surface area contributed by atoms with Crippen LogP contribution in [0.25, 0.3) is 0 Å². The van der Waals surface area contributed by atoms with E-state index in [2.05, 4.69) is 20.7 Å². The molecule has 0 heterocycles. The zero-order valence-electron chi connectivity index (χ0n) is 7.94. The van der Waals surface area contributed by atoms with Crippen LogP contribution in [0, 0.1) is 5.41 Å². The number of ether oxygens (including phenoxy) is 1. The molecule has 0 saturated heterocycles. The fourth-order valence-electron chi connectivity index (χ4n) is 0.969. The lowest BCUT2D eigenvalue weighted by Gasteiger charge is -2.10. The fraction of sp³-hybridized carbons (Fsp3) is 0.222. The Morgan fingerprint density at radius 1 is 1.44 bits per heavy atom. The second-order valence-corrected chi connectivity index (χ2v) is 3.81. The molecule has 0 atom stereocenters. The maximum atomic E-state index is 11.9. The number of rotatable bonds is 3. The minimum absolute atomic E-state index is 0.0641. The quantitative estimate of drug-likeness (QED) is 0.665. The standard InChI is InChI=1S/C9H8BrF3N2O/c10-7-3-5(16-4-9(11,12)13)1-2-6(7)8(14)15/h1-3H,4H2,(H3,14,15). The van der Waals surface area contributed by atoms with Crippen molar-refractivity contribution in [3.63, 3.8) is 0 Å². The van der Waals surface area contributed by atoms with Gasteiger partial charge < -0.3 is 10.5 Å². The SMILES string of the molecule is N=C(N)c1ccc(OCC(F)(F)F)cc1Br. The van der Waals surface area contributed by atoms with E-state index in [0.717, 1.165) is 0 Å². The molecule has 0 aliphatic rings. The summed E-state index contributed by atoms with van der Waals surface area (Å²) in [6.07, 6.45) is -4.37. The van der Waals surface area contributed by atoms with E-state index in [1.165, 1.54) is 18.2 Å². The Morgan fingerprint density at radius 3 is 2.50 bits per heavy atom. The van der Waals surface area contributed by atoms with Crippen molar-refractivity contribution in [3.8, 4) is 5.75 Å². The summed E-state index contributed by atoms with van der Waals surface area (Å²) in [6.45, 7) is -1.35. The second-order valence-electron chi connectivity index (χ2n) is 2.96. The van der Waals surface area contributed by atoms with Gasteiger partial charge in [-0.1, -0.05) is 0 Å². The van der Waals surface area contributed by atoms with Crippen LogP contribution in [-0.2, 0) is 0 Å². The van der Waals surface area contributed by atoms with Crippen LogP contribution in [0.15, 0.2) is 22.7 Å². The van der Waals surface area contributed by atoms with Gasteiger partial charge >= 0.3 is 6.18 Å². The van der Waals surface area contributed by atoms with Crippen LogP contribution in [-0.4, -0.2) is 18.6 Å². The number of amidine groups is 1. The Morgan fingerprint density at radius 2 is 2.06 bits per heavy atom. The van der Waals surface area contributed by atoms with Crippen molar-refractivity contribution < 1.29 is 17.9 Å². The molecule has 0 saturated carbocycles. The van der Waals surface area contributed by atoms with E-state index in [4.69, 9.17) is 11.1 Å². The maximum Gasteiger partial charge on any atom is 0.422 e. The second kappa shape index (κ2) is 4.73. The molecule has 0 radical (unpaired) electrons. The highest BCUT2D eigenvalue weighted by molar-refractivity contribution is 9.10. The van der Waals surface area contributed by atoms with Crippen molar-refractivity contribution in [2.75, 3.05) is 6.61 Å². The Labute approximate surface area is 98.0 Å². The third kappa shape index (κ3) is 3.73. The smallest absolute Gasteiger partial charge is 0.422 e. The number of nitrogen functional groups attached to an aromatic ring is 1. The van der Waals surface area contributed by atoms with E-state index in [1.807, 2.05) is 0 Å². The van der Waals surface area contributed by atoms with Crippen LogP contribution < -0.4 is 10.5 Å². The summed E-state index contributed by atoms with van der Waals surface area (Å²) in [5, 5.41) is 7.17. The summed E-state index contributed by atoms with van der Waals surface area (Å²) < 4.78 is 40.5. The summed E-state index contributed by atoms with van der Waals surface area (Å²) in [5.41, 5.74) is 5.64. The number of nitrogens with two attached hydrogens (primary N) is 1. The molecule has 7 heteroatoms. The normalized spacial score (nSPS) is 11.2. The van der Waals surface area contributed by atoms with Crippen molar-refractivity contribution in [1.29, 1.82) is 5.41 Å². The largest absolute Gasteiger partial charge is 0.484 e. The van der Waals surface area contributed by atoms with Crippen LogP contribution in [0.5, 0.6) is 5.75 Å². The molecule has 0 unspecified atom stereocenters. The van der Waals surface area contributed by atoms with Crippen molar-refractivity contribution in [2.24, 2.45) is 5.73 Å². The highest BCUT2D eigenvalue weighted by atomic mass is 79.9. The van der Waals surface area contributed by atoms with Gasteiger partial charge in [-0.05, 0) is 34.1 Å². The van der Waals surface area contributed by atoms with Gasteiger partial charge in [-0.25, -0.2) is 0 Å². The molecule has 0 spiro atoms. The number of hydrogen-bond acceptors (Lipinski definition) is 2. The summed E-state index contributed by atoms with van der Waals surface area (Å²) in [5.74, 6) is -0.108. The Hall–Kier alpha value is -1.24. The molecular weight excluding hydrogens is 289 g/mol. The summed E-state index contributed by atoms with van der Waals surface area (Å²) >= 11 is 3.09. The number of benzene rings is 1. The maximum absolute atomic E-state index is 11.9. The van der Waals surface area contributed by atoms with Gasteiger partial charge in [0.15, 0.2) is 6.61 Å². The Balaban J connectivity index is 2.78. The van der Waals surface area contributed by atoms with Gasteiger partial charge in [0.25, 0.3) is 0 Å². The molecule has 88 valence electrons. The van der Waals surface area contributed by atoms with E-state index in [1.54, 1.807) is 0 Å². The number of halogens is 4. The van der Waals surface area contributed by atoms with Gasteiger partial charge in [-0.3, -0.25) is 5.41 Å². The average molecular weight is 297 g/mol. The monoisotopic (exact) mass is 296 g/mol. The molecule has 3 nitrogen and oxygen atoms in total. The van der Waals surface area contributed by atoms with Gasteiger partial charge in [0.1, 0.15) is 11.6 Å². The lowest BCUT2D eigenvalue weighted by Crippen LogP contribution is -2.19. The van der Waals surface area contributed by atoms with Gasteiger partial charge in [-0.2, -0.15) is 13.2 Å². The highest BCUT2D eigenvalue weighted by Gasteiger charge is 2.28. The van der Waals surface area contributed by atoms with Gasteiger partial charge in [0.05, 0.1) is 0 Å². The van der Waals surface area contributed by atoms with Gasteiger partial charge in [0, 0.05) is 10.0 Å². The van der Waals surface area contributed by atoms with Crippen LogP contribution >= 0.6 is 15.9 Å². The fourth-order valence-corrected chi connectivity index (χ4v) is 1.54. The molecule has 1 aromatic rings. The topological polar surface area (TPSA) is 59.1 Å². The third-order valence-electron chi connectivity index (χ3n) is 1.63. The van der Waals surface area contributed by atoms with Crippen LogP contribution in [0.1, 0.15) is 5.56 Å². The van der Waals surface area contributed by atoms with Crippen LogP contribution in [0.3, 0.4) is 0 Å². The van der Waals surface area contributed by atoms with E-state index < -0.39 is 12.8 Å². The van der Waals surface area contributed by atoms with Crippen LogP contribution in [0.4, 0.5) is 13.2 Å². The Kier molecular flexibility index (Phi) is 3.79. The molecule has 0 amide bonds. The van der Waals surface area contributed by atoms with Crippen molar-refractivity contribution in [3.05, 3.63) is 28.2 Å². The first-order valence-electron chi connectivity index (χ1n) is 4.13. The molecule has 0 bridgehead atoms. The van der Waals surface area contributed by atoms with Crippen molar-refractivity contribution in [2.45, 2.75) is 6.18 Å². The molecule has 0 fully saturated rings. The highest BCUT2D eigenvalue weighted by Crippen LogP contribution is 2.24. The summed E-state index contributed by atoms with van der Waals surface area (Å²) in [4.78, 5) is 0. The number of nitrogens with one attached hydrogen (secondary N) is 1. The molecule has 0 aliphatic carbocycles. The first-order valence-corrected chi connectivity index (χ1v) is 4.92. The molecule has 0 aromatic heterocycles. The van der Waals surface area contributed by atoms with Crippen LogP contribution in [0.2, 0.25) is 0 Å². The zero-order chi connectivity index (χ0) is 12.3. The predicted molar refractivity (Wildman–Crippen MR) is 56.7 cm³/mol. The predicted octanol–water partition coefficient (Wildman–Crippen LogP) is 2.67. The van der Waals surface area contributed by atoms with E-state index in [9.17, 15) is 13.2 Å². The minimum Gasteiger partial charge on any atom is -0.484 e. The summed E-state index contributed by atoms with van der Waals surface area (Å²) in [6, 6.07) is 4.08. The van der Waals surface area contributed by atoms with Gasteiger partial charge in [0.2, 0.25) is 0 Å². The Bertz CT molecular complexity index is 406. The van der Waals surface area contributed by atoms with Gasteiger partial charge in [-0.15, -0.1) is 0 Å². The molecular formula is C9H8BrF3N2O. The van der Waals surface area contributed by atoms with E-state index >= 15 is 0 Å². The average Bonchev–Trinajstić information content (AvgIpc) is 2.13. The van der Waals surface area contributed by atoms with Crippen molar-refractivity contribution in [1.82, 2.24) is 0 Å².